The number of fused-ring (bicyclic) bond motifs is 1. The van der Waals surface area contributed by atoms with Crippen molar-refractivity contribution >= 4 is 23.3 Å². The lowest BCUT2D eigenvalue weighted by molar-refractivity contribution is -0.123. The van der Waals surface area contributed by atoms with Gasteiger partial charge in [0.1, 0.15) is 5.82 Å². The first-order chi connectivity index (χ1) is 15.1. The second-order valence-electron chi connectivity index (χ2n) is 10.0. The first-order valence-electron chi connectivity index (χ1n) is 11.3. The fourth-order valence-corrected chi connectivity index (χ4v) is 5.15. The second-order valence-corrected chi connectivity index (χ2v) is 10.0. The molecule has 2 aliphatic rings. The molecule has 0 unspecified atom stereocenters. The number of amides is 2. The minimum absolute atomic E-state index is 0.0396. The van der Waals surface area contributed by atoms with Crippen LogP contribution in [0, 0.1) is 11.3 Å². The highest BCUT2D eigenvalue weighted by atomic mass is 16.2. The molecule has 0 spiro atoms. The van der Waals surface area contributed by atoms with Crippen LogP contribution in [-0.2, 0) is 22.6 Å². The molecule has 2 atom stereocenters. The zero-order valence-electron chi connectivity index (χ0n) is 19.2. The lowest BCUT2D eigenvalue weighted by Gasteiger charge is -2.28. The molecule has 7 heteroatoms. The van der Waals surface area contributed by atoms with E-state index in [0.717, 1.165) is 49.0 Å². The Labute approximate surface area is 189 Å². The zero-order chi connectivity index (χ0) is 23.0. The normalized spacial score (nSPS) is 21.6. The monoisotopic (exact) mass is 435 g/mol. The molecule has 2 aromatic rings. The van der Waals surface area contributed by atoms with Crippen molar-refractivity contribution in [2.75, 3.05) is 5.32 Å². The summed E-state index contributed by atoms with van der Waals surface area (Å²) in [5, 5.41) is 5.94. The van der Waals surface area contributed by atoms with Gasteiger partial charge in [-0.05, 0) is 49.3 Å². The number of pyridine rings is 1. The summed E-state index contributed by atoms with van der Waals surface area (Å²) in [6, 6.07) is 6.03. The van der Waals surface area contributed by atoms with Crippen molar-refractivity contribution < 1.29 is 9.59 Å². The number of carbonyl (C=O) groups is 2. The van der Waals surface area contributed by atoms with Crippen LogP contribution in [0.5, 0.6) is 0 Å². The van der Waals surface area contributed by atoms with Gasteiger partial charge < -0.3 is 20.9 Å². The Kier molecular flexibility index (Phi) is 5.84. The zero-order valence-corrected chi connectivity index (χ0v) is 19.2. The fourth-order valence-electron chi connectivity index (χ4n) is 5.15. The van der Waals surface area contributed by atoms with Crippen LogP contribution in [0.4, 0.5) is 5.82 Å². The van der Waals surface area contributed by atoms with Gasteiger partial charge in [0.25, 0.3) is 0 Å². The summed E-state index contributed by atoms with van der Waals surface area (Å²) in [4.78, 5) is 28.7. The minimum Gasteiger partial charge on any atom is -0.399 e. The number of aromatic nitrogens is 2. The van der Waals surface area contributed by atoms with Crippen molar-refractivity contribution in [2.45, 2.75) is 65.5 Å². The highest BCUT2D eigenvalue weighted by molar-refractivity contribution is 5.92. The van der Waals surface area contributed by atoms with Gasteiger partial charge in [-0.2, -0.15) is 0 Å². The van der Waals surface area contributed by atoms with Crippen molar-refractivity contribution in [3.8, 4) is 11.3 Å². The third-order valence-electron chi connectivity index (χ3n) is 6.55. The molecular formula is C25H33N5O2. The van der Waals surface area contributed by atoms with E-state index in [0.29, 0.717) is 17.9 Å². The minimum atomic E-state index is -0.128. The number of hydrogen-bond donors (Lipinski definition) is 3. The van der Waals surface area contributed by atoms with Crippen molar-refractivity contribution in [1.29, 1.82) is 0 Å². The van der Waals surface area contributed by atoms with E-state index in [1.54, 1.807) is 6.20 Å². The van der Waals surface area contributed by atoms with Gasteiger partial charge in [0.05, 0.1) is 0 Å². The van der Waals surface area contributed by atoms with E-state index < -0.39 is 0 Å². The van der Waals surface area contributed by atoms with Crippen LogP contribution in [-0.4, -0.2) is 27.4 Å². The van der Waals surface area contributed by atoms with Crippen LogP contribution in [0.25, 0.3) is 17.0 Å². The van der Waals surface area contributed by atoms with E-state index in [1.165, 1.54) is 12.6 Å². The summed E-state index contributed by atoms with van der Waals surface area (Å²) in [6.07, 6.45) is 6.00. The predicted octanol–water partition coefficient (Wildman–Crippen LogP) is 3.70. The van der Waals surface area contributed by atoms with Crippen molar-refractivity contribution in [1.82, 2.24) is 14.9 Å². The molecule has 2 aromatic heterocycles. The van der Waals surface area contributed by atoms with E-state index in [9.17, 15) is 9.59 Å². The molecule has 0 saturated heterocycles. The Balaban J connectivity index is 1.54. The maximum Gasteiger partial charge on any atom is 0.228 e. The average molecular weight is 436 g/mol. The van der Waals surface area contributed by atoms with E-state index in [4.69, 9.17) is 5.73 Å². The van der Waals surface area contributed by atoms with Crippen LogP contribution in [0.1, 0.15) is 57.7 Å². The maximum absolute atomic E-state index is 12.9. The predicted molar refractivity (Wildman–Crippen MR) is 127 cm³/mol. The number of nitrogens with zero attached hydrogens (tertiary/aromatic N) is 2. The Morgan fingerprint density at radius 3 is 2.78 bits per heavy atom. The highest BCUT2D eigenvalue weighted by Crippen LogP contribution is 2.40. The van der Waals surface area contributed by atoms with Crippen LogP contribution >= 0.6 is 0 Å². The molecule has 0 aromatic carbocycles. The Morgan fingerprint density at radius 2 is 2.06 bits per heavy atom. The van der Waals surface area contributed by atoms with Gasteiger partial charge in [0, 0.05) is 59.8 Å². The second kappa shape index (κ2) is 8.45. The molecule has 1 aliphatic carbocycles. The quantitative estimate of drug-likeness (QED) is 0.666. The molecule has 4 rings (SSSR count). The van der Waals surface area contributed by atoms with Gasteiger partial charge in [0.2, 0.25) is 11.8 Å². The molecule has 0 bridgehead atoms. The third kappa shape index (κ3) is 4.56. The first kappa shape index (κ1) is 22.1. The molecule has 7 nitrogen and oxygen atoms in total. The van der Waals surface area contributed by atoms with Crippen molar-refractivity contribution in [2.24, 2.45) is 17.1 Å². The Hall–Kier alpha value is -3.09. The summed E-state index contributed by atoms with van der Waals surface area (Å²) in [5.74, 6) is 0.321. The fraction of sp³-hybridized carbons (Fsp3) is 0.480. The summed E-state index contributed by atoms with van der Waals surface area (Å²) in [5.41, 5.74) is 11.1. The summed E-state index contributed by atoms with van der Waals surface area (Å²) >= 11 is 0. The summed E-state index contributed by atoms with van der Waals surface area (Å²) in [6.45, 7) is 10.9. The van der Waals surface area contributed by atoms with E-state index >= 15 is 0 Å². The van der Waals surface area contributed by atoms with Gasteiger partial charge in [-0.1, -0.05) is 26.8 Å². The summed E-state index contributed by atoms with van der Waals surface area (Å²) in [7, 11) is 0. The topological polar surface area (TPSA) is 102 Å². The maximum atomic E-state index is 12.9. The van der Waals surface area contributed by atoms with Gasteiger partial charge >= 0.3 is 0 Å². The molecule has 1 aliphatic heterocycles. The summed E-state index contributed by atoms with van der Waals surface area (Å²) < 4.78 is 2.31. The highest BCUT2D eigenvalue weighted by Gasteiger charge is 2.33. The Bertz CT molecular complexity index is 1070. The smallest absolute Gasteiger partial charge is 0.228 e. The van der Waals surface area contributed by atoms with Crippen LogP contribution in [0.3, 0.4) is 0 Å². The van der Waals surface area contributed by atoms with Crippen molar-refractivity contribution in [3.63, 3.8) is 0 Å². The van der Waals surface area contributed by atoms with E-state index in [1.807, 2.05) is 12.1 Å². The Morgan fingerprint density at radius 1 is 1.28 bits per heavy atom. The molecule has 32 heavy (non-hydrogen) atoms. The molecule has 1 saturated carbocycles. The molecule has 3 heterocycles. The average Bonchev–Trinajstić information content (AvgIpc) is 3.20. The van der Waals surface area contributed by atoms with Gasteiger partial charge in [0.15, 0.2) is 0 Å². The van der Waals surface area contributed by atoms with Crippen LogP contribution < -0.4 is 16.4 Å². The third-order valence-corrected chi connectivity index (χ3v) is 6.55. The number of anilines is 1. The standard InChI is InChI=1S/C25H33N5O2/c1-15(26)20-12-21(30-14-25(3,4)13-22(20)30)17-8-9-27-23(11-17)29-24(32)18-6-5-7-19(10-18)28-16(2)31/h8-9,11-12,18-19H,1,5-7,10,13-14,26H2,2-4H3,(H,28,31)(H,27,29,32)/t18-,19+/m0/s1. The van der Waals surface area contributed by atoms with Gasteiger partial charge in [-0.25, -0.2) is 4.98 Å². The van der Waals surface area contributed by atoms with Gasteiger partial charge in [-0.3, -0.25) is 9.59 Å². The SMILES string of the molecule is C=C(N)c1cc(-c2ccnc(NC(=O)[C@H]3CCC[C@@H](NC(C)=O)C3)c2)n2c1CC(C)(C)C2. The molecule has 2 amide bonds. The largest absolute Gasteiger partial charge is 0.399 e. The number of nitrogens with one attached hydrogen (secondary N) is 2. The first-order valence-corrected chi connectivity index (χ1v) is 11.3. The van der Waals surface area contributed by atoms with E-state index in [2.05, 4.69) is 46.7 Å². The molecule has 1 fully saturated rings. The lowest BCUT2D eigenvalue weighted by atomic mass is 9.85. The molecule has 4 N–H and O–H groups in total. The molecular weight excluding hydrogens is 402 g/mol. The van der Waals surface area contributed by atoms with Crippen molar-refractivity contribution in [3.05, 3.63) is 42.2 Å². The van der Waals surface area contributed by atoms with Crippen LogP contribution in [0.2, 0.25) is 0 Å². The van der Waals surface area contributed by atoms with Crippen LogP contribution in [0.15, 0.2) is 31.0 Å². The molecule has 0 radical (unpaired) electrons. The molecule has 170 valence electrons. The number of carbonyl (C=O) groups excluding carboxylic acids is 2. The number of nitrogens with two attached hydrogens (primary N) is 1. The van der Waals surface area contributed by atoms with Gasteiger partial charge in [-0.15, -0.1) is 0 Å². The number of hydrogen-bond acceptors (Lipinski definition) is 4. The lowest BCUT2D eigenvalue weighted by Crippen LogP contribution is -2.40. The van der Waals surface area contributed by atoms with E-state index in [-0.39, 0.29) is 29.2 Å². The number of rotatable bonds is 5.